The zero-order valence-electron chi connectivity index (χ0n) is 6.66. The first-order chi connectivity index (χ1) is 5.04. The molecule has 0 aromatic rings. The molecular formula is C7H12O4. The van der Waals surface area contributed by atoms with E-state index in [2.05, 4.69) is 11.3 Å². The summed E-state index contributed by atoms with van der Waals surface area (Å²) in [6.07, 6.45) is 1.54. The van der Waals surface area contributed by atoms with Crippen LogP contribution >= 0.6 is 0 Å². The normalized spacial score (nSPS) is 7.09. The van der Waals surface area contributed by atoms with Crippen molar-refractivity contribution in [2.24, 2.45) is 0 Å². The van der Waals surface area contributed by atoms with Gasteiger partial charge in [-0.15, -0.1) is 0 Å². The fraction of sp³-hybridized carbons (Fsp3) is 0.429. The third-order valence-electron chi connectivity index (χ3n) is 0.503. The minimum absolute atomic E-state index is 0.241. The quantitative estimate of drug-likeness (QED) is 0.486. The highest BCUT2D eigenvalue weighted by atomic mass is 16.5. The van der Waals surface area contributed by atoms with E-state index in [0.29, 0.717) is 6.42 Å². The van der Waals surface area contributed by atoms with Gasteiger partial charge in [-0.3, -0.25) is 9.59 Å². The molecule has 0 rings (SSSR count). The number of carbonyl (C=O) groups is 2. The number of hydrogen-bond donors (Lipinski definition) is 1. The van der Waals surface area contributed by atoms with Crippen LogP contribution in [0.3, 0.4) is 0 Å². The van der Waals surface area contributed by atoms with Gasteiger partial charge in [0.2, 0.25) is 0 Å². The maximum Gasteiger partial charge on any atom is 0.310 e. The summed E-state index contributed by atoms with van der Waals surface area (Å²) in [7, 11) is 0. The second-order valence-corrected chi connectivity index (χ2v) is 1.53. The molecule has 0 aromatic heterocycles. The first kappa shape index (κ1) is 12.4. The van der Waals surface area contributed by atoms with E-state index < -0.39 is 5.97 Å². The number of carboxylic acids is 1. The van der Waals surface area contributed by atoms with Gasteiger partial charge in [-0.2, -0.15) is 0 Å². The summed E-state index contributed by atoms with van der Waals surface area (Å²) < 4.78 is 4.32. The topological polar surface area (TPSA) is 63.6 Å². The zero-order valence-corrected chi connectivity index (χ0v) is 6.66. The molecule has 0 radical (unpaired) electrons. The lowest BCUT2D eigenvalue weighted by molar-refractivity contribution is -0.137. The van der Waals surface area contributed by atoms with Gasteiger partial charge in [-0.1, -0.05) is 13.5 Å². The van der Waals surface area contributed by atoms with Crippen molar-refractivity contribution >= 4 is 11.9 Å². The third kappa shape index (κ3) is 28.6. The Kier molecular flexibility index (Phi) is 9.76. The molecule has 0 aliphatic rings. The van der Waals surface area contributed by atoms with Gasteiger partial charge in [0, 0.05) is 13.3 Å². The Morgan fingerprint density at radius 3 is 2.09 bits per heavy atom. The van der Waals surface area contributed by atoms with Crippen LogP contribution in [0, 0.1) is 0 Å². The fourth-order valence-corrected chi connectivity index (χ4v) is 0.176. The van der Waals surface area contributed by atoms with Crippen molar-refractivity contribution in [3.63, 3.8) is 0 Å². The van der Waals surface area contributed by atoms with Gasteiger partial charge < -0.3 is 9.84 Å². The summed E-state index contributed by atoms with van der Waals surface area (Å²) in [6, 6.07) is 0. The molecule has 0 spiro atoms. The molecule has 64 valence electrons. The van der Waals surface area contributed by atoms with Crippen LogP contribution < -0.4 is 0 Å². The van der Waals surface area contributed by atoms with Gasteiger partial charge in [0.1, 0.15) is 0 Å². The summed E-state index contributed by atoms with van der Waals surface area (Å²) >= 11 is 0. The highest BCUT2D eigenvalue weighted by Crippen LogP contribution is 1.81. The predicted molar refractivity (Wildman–Crippen MR) is 39.9 cm³/mol. The summed E-state index contributed by atoms with van der Waals surface area (Å²) in [6.45, 7) is 6.02. The van der Waals surface area contributed by atoms with Crippen LogP contribution in [0.1, 0.15) is 20.3 Å². The van der Waals surface area contributed by atoms with E-state index in [-0.39, 0.29) is 5.97 Å². The molecule has 4 heteroatoms. The molecule has 0 bridgehead atoms. The lowest BCUT2D eigenvalue weighted by atomic mass is 10.5. The Balaban J connectivity index is 0. The predicted octanol–water partition coefficient (Wildman–Crippen LogP) is 1.17. The Morgan fingerprint density at radius 2 is 2.00 bits per heavy atom. The van der Waals surface area contributed by atoms with Crippen molar-refractivity contribution in [1.82, 2.24) is 0 Å². The van der Waals surface area contributed by atoms with Crippen LogP contribution in [0.15, 0.2) is 12.8 Å². The van der Waals surface area contributed by atoms with Gasteiger partial charge in [0.15, 0.2) is 0 Å². The van der Waals surface area contributed by atoms with Crippen molar-refractivity contribution < 1.29 is 19.4 Å². The van der Waals surface area contributed by atoms with Crippen LogP contribution in [0.4, 0.5) is 0 Å². The second kappa shape index (κ2) is 8.68. The Hall–Kier alpha value is -1.32. The Bertz CT molecular complexity index is 135. The monoisotopic (exact) mass is 160 g/mol. The van der Waals surface area contributed by atoms with Gasteiger partial charge in [0.05, 0.1) is 6.26 Å². The summed E-state index contributed by atoms with van der Waals surface area (Å²) in [4.78, 5) is 19.1. The van der Waals surface area contributed by atoms with E-state index in [1.807, 2.05) is 0 Å². The Labute approximate surface area is 65.5 Å². The molecule has 0 aliphatic carbocycles. The van der Waals surface area contributed by atoms with Crippen molar-refractivity contribution in [3.8, 4) is 0 Å². The van der Waals surface area contributed by atoms with Gasteiger partial charge in [0.25, 0.3) is 5.97 Å². The number of ether oxygens (including phenoxy) is 1. The molecule has 11 heavy (non-hydrogen) atoms. The van der Waals surface area contributed by atoms with Crippen LogP contribution in [0.2, 0.25) is 0 Å². The lowest BCUT2D eigenvalue weighted by Crippen LogP contribution is -1.94. The molecule has 0 fully saturated rings. The number of rotatable bonds is 2. The second-order valence-electron chi connectivity index (χ2n) is 1.53. The van der Waals surface area contributed by atoms with Crippen molar-refractivity contribution in [2.45, 2.75) is 20.3 Å². The average Bonchev–Trinajstić information content (AvgIpc) is 1.87. The van der Waals surface area contributed by atoms with Crippen molar-refractivity contribution in [1.29, 1.82) is 0 Å². The summed E-state index contributed by atoms with van der Waals surface area (Å²) in [5, 5.41) is 7.42. The molecule has 4 nitrogen and oxygen atoms in total. The SMILES string of the molecule is C=COC(=O)CC.CC(=O)O. The minimum atomic E-state index is -0.833. The standard InChI is InChI=1S/C5H8O2.C2H4O2/c1-3-5(6)7-4-2;1-2(3)4/h4H,2-3H2,1H3;1H3,(H,3,4). The van der Waals surface area contributed by atoms with E-state index in [1.165, 1.54) is 0 Å². The molecule has 0 unspecified atom stereocenters. The largest absolute Gasteiger partial charge is 0.481 e. The van der Waals surface area contributed by atoms with Gasteiger partial charge in [-0.05, 0) is 0 Å². The number of aliphatic carboxylic acids is 1. The fourth-order valence-electron chi connectivity index (χ4n) is 0.176. The van der Waals surface area contributed by atoms with Crippen molar-refractivity contribution in [2.75, 3.05) is 0 Å². The van der Waals surface area contributed by atoms with Crippen molar-refractivity contribution in [3.05, 3.63) is 12.8 Å². The molecule has 0 aliphatic heterocycles. The molecule has 0 saturated heterocycles. The first-order valence-electron chi connectivity index (χ1n) is 3.04. The molecule has 0 aromatic carbocycles. The van der Waals surface area contributed by atoms with Gasteiger partial charge in [-0.25, -0.2) is 0 Å². The lowest BCUT2D eigenvalue weighted by Gasteiger charge is -1.88. The van der Waals surface area contributed by atoms with E-state index in [4.69, 9.17) is 9.90 Å². The maximum atomic E-state index is 10.1. The van der Waals surface area contributed by atoms with Crippen LogP contribution in [-0.4, -0.2) is 17.0 Å². The highest BCUT2D eigenvalue weighted by Gasteiger charge is 1.89. The number of esters is 1. The smallest absolute Gasteiger partial charge is 0.310 e. The molecular weight excluding hydrogens is 148 g/mol. The van der Waals surface area contributed by atoms with Crippen LogP contribution in [0.5, 0.6) is 0 Å². The van der Waals surface area contributed by atoms with Gasteiger partial charge >= 0.3 is 5.97 Å². The van der Waals surface area contributed by atoms with E-state index in [1.54, 1.807) is 6.92 Å². The van der Waals surface area contributed by atoms with E-state index in [9.17, 15) is 4.79 Å². The van der Waals surface area contributed by atoms with Crippen LogP contribution in [0.25, 0.3) is 0 Å². The number of carboxylic acid groups (broad SMARTS) is 1. The molecule has 0 amide bonds. The Morgan fingerprint density at radius 1 is 1.64 bits per heavy atom. The summed E-state index contributed by atoms with van der Waals surface area (Å²) in [5.74, 6) is -1.07. The average molecular weight is 160 g/mol. The maximum absolute atomic E-state index is 10.1. The minimum Gasteiger partial charge on any atom is -0.481 e. The molecule has 0 atom stereocenters. The van der Waals surface area contributed by atoms with E-state index >= 15 is 0 Å². The highest BCUT2D eigenvalue weighted by molar-refractivity contribution is 5.69. The third-order valence-corrected chi connectivity index (χ3v) is 0.503. The van der Waals surface area contributed by atoms with Crippen LogP contribution in [-0.2, 0) is 14.3 Å². The summed E-state index contributed by atoms with van der Waals surface area (Å²) in [5.41, 5.74) is 0. The zero-order chi connectivity index (χ0) is 9.28. The van der Waals surface area contributed by atoms with E-state index in [0.717, 1.165) is 13.2 Å². The first-order valence-corrected chi connectivity index (χ1v) is 3.04. The molecule has 0 heterocycles. The molecule has 0 saturated carbocycles. The number of hydrogen-bond acceptors (Lipinski definition) is 3. The number of carbonyl (C=O) groups excluding carboxylic acids is 1. The molecule has 1 N–H and O–H groups in total.